The Balaban J connectivity index is 1.67. The molecule has 4 aliphatic rings. The van der Waals surface area contributed by atoms with E-state index in [1.54, 1.807) is 0 Å². The number of hydrogen-bond donors (Lipinski definition) is 1. The lowest BCUT2D eigenvalue weighted by Gasteiger charge is -2.69. The second-order valence-corrected chi connectivity index (χ2v) is 13.1. The number of ether oxygens (including phenoxy) is 1. The monoisotopic (exact) mass is 442 g/mol. The van der Waals surface area contributed by atoms with Crippen molar-refractivity contribution in [3.8, 4) is 0 Å². The second-order valence-electron chi connectivity index (χ2n) is 13.1. The van der Waals surface area contributed by atoms with Crippen LogP contribution in [0.3, 0.4) is 0 Å². The molecular weight excluding hydrogens is 400 g/mol. The van der Waals surface area contributed by atoms with E-state index in [2.05, 4.69) is 34.6 Å². The highest BCUT2D eigenvalue weighted by Crippen LogP contribution is 2.73. The molecule has 0 saturated heterocycles. The zero-order valence-electron chi connectivity index (χ0n) is 21.1. The summed E-state index contributed by atoms with van der Waals surface area (Å²) in [7, 11) is 0. The lowest BCUT2D eigenvalue weighted by Crippen LogP contribution is -2.67. The van der Waals surface area contributed by atoms with Crippen LogP contribution >= 0.6 is 0 Å². The van der Waals surface area contributed by atoms with Crippen molar-refractivity contribution in [3.05, 3.63) is 23.2 Å². The third-order valence-corrected chi connectivity index (χ3v) is 11.0. The number of furan rings is 1. The SMILES string of the molecule is CC(=O)OC1C[C@H]2[C@@]3(C)CCCC(C)(C)[C@H]3CC[C@@]2(C)[C@@H]2C[C@@H](O)c3cc(C)oc3[C@@]12C. The smallest absolute Gasteiger partial charge is 0.302 e. The van der Waals surface area contributed by atoms with Crippen molar-refractivity contribution in [1.29, 1.82) is 0 Å². The van der Waals surface area contributed by atoms with Crippen molar-refractivity contribution >= 4 is 5.97 Å². The third kappa shape index (κ3) is 2.80. The largest absolute Gasteiger partial charge is 0.465 e. The topological polar surface area (TPSA) is 59.7 Å². The average Bonchev–Trinajstić information content (AvgIpc) is 3.08. The number of rotatable bonds is 1. The molecule has 1 N–H and O–H groups in total. The molecule has 4 aliphatic carbocycles. The zero-order valence-corrected chi connectivity index (χ0v) is 21.1. The summed E-state index contributed by atoms with van der Waals surface area (Å²) in [4.78, 5) is 12.3. The van der Waals surface area contributed by atoms with Gasteiger partial charge in [-0.2, -0.15) is 0 Å². The summed E-state index contributed by atoms with van der Waals surface area (Å²) in [5.41, 5.74) is 1.16. The van der Waals surface area contributed by atoms with Gasteiger partial charge in [0.1, 0.15) is 17.6 Å². The summed E-state index contributed by atoms with van der Waals surface area (Å²) in [5, 5.41) is 11.2. The molecule has 3 fully saturated rings. The predicted molar refractivity (Wildman–Crippen MR) is 124 cm³/mol. The van der Waals surface area contributed by atoms with Gasteiger partial charge in [-0.3, -0.25) is 4.79 Å². The van der Waals surface area contributed by atoms with Crippen LogP contribution in [0, 0.1) is 40.9 Å². The van der Waals surface area contributed by atoms with Crippen LogP contribution in [0.25, 0.3) is 0 Å². The molecule has 1 aromatic heterocycles. The van der Waals surface area contributed by atoms with E-state index < -0.39 is 11.5 Å². The van der Waals surface area contributed by atoms with Gasteiger partial charge in [0.25, 0.3) is 0 Å². The van der Waals surface area contributed by atoms with E-state index in [-0.39, 0.29) is 28.8 Å². The maximum atomic E-state index is 12.3. The Morgan fingerprint density at radius 1 is 1.03 bits per heavy atom. The Morgan fingerprint density at radius 2 is 1.72 bits per heavy atom. The minimum Gasteiger partial charge on any atom is -0.465 e. The normalized spacial score (nSPS) is 46.9. The highest BCUT2D eigenvalue weighted by atomic mass is 16.5. The predicted octanol–water partition coefficient (Wildman–Crippen LogP) is 6.48. The van der Waals surface area contributed by atoms with Crippen molar-refractivity contribution in [2.75, 3.05) is 0 Å². The summed E-state index contributed by atoms with van der Waals surface area (Å²) < 4.78 is 12.5. The molecule has 0 radical (unpaired) electrons. The number of aliphatic hydroxyl groups is 1. The van der Waals surface area contributed by atoms with E-state index in [1.165, 1.54) is 39.0 Å². The molecule has 0 aromatic carbocycles. The first-order valence-electron chi connectivity index (χ1n) is 12.8. The molecule has 3 saturated carbocycles. The van der Waals surface area contributed by atoms with Crippen LogP contribution in [0.2, 0.25) is 0 Å². The van der Waals surface area contributed by atoms with Crippen molar-refractivity contribution < 1.29 is 19.1 Å². The lowest BCUT2D eigenvalue weighted by atomic mass is 9.35. The minimum absolute atomic E-state index is 0.0867. The van der Waals surface area contributed by atoms with E-state index in [0.29, 0.717) is 17.3 Å². The molecule has 0 bridgehead atoms. The van der Waals surface area contributed by atoms with E-state index in [0.717, 1.165) is 29.9 Å². The maximum absolute atomic E-state index is 12.3. The molecule has 32 heavy (non-hydrogen) atoms. The van der Waals surface area contributed by atoms with E-state index in [4.69, 9.17) is 9.15 Å². The van der Waals surface area contributed by atoms with Crippen molar-refractivity contribution in [2.45, 2.75) is 111 Å². The number of hydrogen-bond acceptors (Lipinski definition) is 4. The first-order chi connectivity index (χ1) is 14.8. The van der Waals surface area contributed by atoms with Gasteiger partial charge >= 0.3 is 5.97 Å². The Labute approximate surface area is 193 Å². The van der Waals surface area contributed by atoms with Crippen LogP contribution in [0.4, 0.5) is 0 Å². The molecule has 4 nitrogen and oxygen atoms in total. The molecule has 5 rings (SSSR count). The second kappa shape index (κ2) is 6.87. The molecule has 178 valence electrons. The highest BCUT2D eigenvalue weighted by molar-refractivity contribution is 5.66. The number of carbonyl (C=O) groups excluding carboxylic acids is 1. The number of aliphatic hydroxyl groups excluding tert-OH is 1. The first-order valence-corrected chi connectivity index (χ1v) is 12.8. The Morgan fingerprint density at radius 3 is 2.41 bits per heavy atom. The lowest BCUT2D eigenvalue weighted by molar-refractivity contribution is -0.223. The molecule has 1 unspecified atom stereocenters. The van der Waals surface area contributed by atoms with Crippen LogP contribution in [0.15, 0.2) is 10.5 Å². The fourth-order valence-electron chi connectivity index (χ4n) is 9.75. The number of aryl methyl sites for hydroxylation is 1. The van der Waals surface area contributed by atoms with Crippen LogP contribution in [0.1, 0.15) is 110 Å². The average molecular weight is 443 g/mol. The maximum Gasteiger partial charge on any atom is 0.302 e. The Bertz CT molecular complexity index is 930. The van der Waals surface area contributed by atoms with E-state index >= 15 is 0 Å². The third-order valence-electron chi connectivity index (χ3n) is 11.0. The van der Waals surface area contributed by atoms with Gasteiger partial charge in [0.05, 0.1) is 11.5 Å². The van der Waals surface area contributed by atoms with Gasteiger partial charge in [-0.05, 0) is 92.4 Å². The molecule has 1 aromatic rings. The molecule has 4 heteroatoms. The number of carbonyl (C=O) groups is 1. The van der Waals surface area contributed by atoms with Crippen LogP contribution in [-0.4, -0.2) is 17.2 Å². The van der Waals surface area contributed by atoms with Crippen LogP contribution < -0.4 is 0 Å². The van der Waals surface area contributed by atoms with Crippen LogP contribution in [-0.2, 0) is 14.9 Å². The van der Waals surface area contributed by atoms with Gasteiger partial charge < -0.3 is 14.3 Å². The van der Waals surface area contributed by atoms with Gasteiger partial charge in [0, 0.05) is 12.5 Å². The van der Waals surface area contributed by atoms with E-state index in [9.17, 15) is 9.90 Å². The summed E-state index contributed by atoms with van der Waals surface area (Å²) in [6.07, 6.45) is 7.14. The number of fused-ring (bicyclic) bond motifs is 7. The van der Waals surface area contributed by atoms with Crippen LogP contribution in [0.5, 0.6) is 0 Å². The molecule has 0 amide bonds. The van der Waals surface area contributed by atoms with E-state index in [1.807, 2.05) is 13.0 Å². The van der Waals surface area contributed by atoms with Crippen molar-refractivity contribution in [1.82, 2.24) is 0 Å². The quantitative estimate of drug-likeness (QED) is 0.505. The fourth-order valence-corrected chi connectivity index (χ4v) is 9.75. The molecule has 8 atom stereocenters. The van der Waals surface area contributed by atoms with Crippen molar-refractivity contribution in [2.24, 2.45) is 34.0 Å². The zero-order chi connectivity index (χ0) is 23.3. The summed E-state index contributed by atoms with van der Waals surface area (Å²) in [6.45, 7) is 15.7. The number of esters is 1. The summed E-state index contributed by atoms with van der Waals surface area (Å²) in [5.74, 6) is 2.86. The summed E-state index contributed by atoms with van der Waals surface area (Å²) in [6, 6.07) is 1.99. The fraction of sp³-hybridized carbons (Fsp3) is 0.821. The minimum atomic E-state index is -0.512. The Kier molecular flexibility index (Phi) is 4.83. The molecule has 1 heterocycles. The molecule has 0 spiro atoms. The highest BCUT2D eigenvalue weighted by Gasteiger charge is 2.69. The summed E-state index contributed by atoms with van der Waals surface area (Å²) >= 11 is 0. The molecule has 0 aliphatic heterocycles. The van der Waals surface area contributed by atoms with Gasteiger partial charge in [-0.25, -0.2) is 0 Å². The Hall–Kier alpha value is -1.29. The van der Waals surface area contributed by atoms with Gasteiger partial charge in [-0.15, -0.1) is 0 Å². The standard InChI is InChI=1S/C28H42O4/c1-16-13-18-19(30)14-22-27(6)12-9-20-25(3,4)10-8-11-26(20,5)21(27)15-23(32-17(2)29)28(22,7)24(18)31-16/h13,19-23,30H,8-12,14-15H2,1-7H3/t19-,20-,21+,22+,23?,26+,27-,28-/m1/s1. The van der Waals surface area contributed by atoms with Gasteiger partial charge in [0.15, 0.2) is 0 Å². The van der Waals surface area contributed by atoms with Crippen molar-refractivity contribution in [3.63, 3.8) is 0 Å². The van der Waals surface area contributed by atoms with Gasteiger partial charge in [-0.1, -0.05) is 34.1 Å². The first kappa shape index (κ1) is 22.5. The van der Waals surface area contributed by atoms with Gasteiger partial charge in [0.2, 0.25) is 0 Å². The molecular formula is C28H42O4.